The number of hydrogen-bond donors (Lipinski definition) is 1. The van der Waals surface area contributed by atoms with Gasteiger partial charge in [-0.15, -0.1) is 0 Å². The van der Waals surface area contributed by atoms with Crippen LogP contribution in [0.15, 0.2) is 23.3 Å². The molecular weight excluding hydrogens is 242 g/mol. The Bertz CT molecular complexity index is 417. The van der Waals surface area contributed by atoms with Crippen molar-refractivity contribution >= 4 is 23.4 Å². The molecule has 0 atom stereocenters. The van der Waals surface area contributed by atoms with Crippen LogP contribution in [0.1, 0.15) is 12.5 Å². The molecule has 0 aliphatic heterocycles. The van der Waals surface area contributed by atoms with Crippen molar-refractivity contribution in [1.29, 1.82) is 0 Å². The Morgan fingerprint density at radius 2 is 2.29 bits per heavy atom. The van der Waals surface area contributed by atoms with E-state index in [0.717, 1.165) is 5.56 Å². The Hall–Kier alpha value is -1.62. The molecule has 6 heteroatoms. The zero-order valence-corrected chi connectivity index (χ0v) is 10.5. The summed E-state index contributed by atoms with van der Waals surface area (Å²) in [7, 11) is 1.46. The Kier molecular flexibility index (Phi) is 4.90. The number of rotatable bonds is 3. The standard InChI is InChI=1S/C11H14ClN3O2/c1-3-15(10(13-2)11(16)17)7-8-4-5-9(12)14-6-8/h4-6H,3,7H2,1-2H3,(H,16,17). The second-order valence-electron chi connectivity index (χ2n) is 3.36. The molecule has 0 bridgehead atoms. The lowest BCUT2D eigenvalue weighted by Gasteiger charge is -2.21. The topological polar surface area (TPSA) is 65.8 Å². The molecule has 1 aromatic rings. The number of halogens is 1. The predicted octanol–water partition coefficient (Wildman–Crippen LogP) is 1.67. The van der Waals surface area contributed by atoms with Crippen molar-refractivity contribution in [2.45, 2.75) is 13.5 Å². The van der Waals surface area contributed by atoms with Gasteiger partial charge in [-0.2, -0.15) is 0 Å². The fraction of sp³-hybridized carbons (Fsp3) is 0.364. The molecule has 17 heavy (non-hydrogen) atoms. The zero-order chi connectivity index (χ0) is 12.8. The largest absolute Gasteiger partial charge is 0.475 e. The molecule has 0 aliphatic rings. The van der Waals surface area contributed by atoms with Gasteiger partial charge in [0.15, 0.2) is 0 Å². The molecule has 5 nitrogen and oxygen atoms in total. The quantitative estimate of drug-likeness (QED) is 0.507. The molecule has 0 saturated carbocycles. The first-order valence-electron chi connectivity index (χ1n) is 5.14. The van der Waals surface area contributed by atoms with Crippen LogP contribution < -0.4 is 0 Å². The molecule has 0 unspecified atom stereocenters. The van der Waals surface area contributed by atoms with Crippen LogP contribution in [-0.4, -0.2) is 40.4 Å². The maximum Gasteiger partial charge on any atom is 0.371 e. The highest BCUT2D eigenvalue weighted by molar-refractivity contribution is 6.34. The summed E-state index contributed by atoms with van der Waals surface area (Å²) in [5.41, 5.74) is 0.888. The van der Waals surface area contributed by atoms with Gasteiger partial charge in [0.2, 0.25) is 5.84 Å². The highest BCUT2D eigenvalue weighted by atomic mass is 35.5. The number of nitrogens with zero attached hydrogens (tertiary/aromatic N) is 3. The summed E-state index contributed by atoms with van der Waals surface area (Å²) in [6.45, 7) is 2.87. The van der Waals surface area contributed by atoms with E-state index in [4.69, 9.17) is 16.7 Å². The van der Waals surface area contributed by atoms with Gasteiger partial charge in [0, 0.05) is 26.3 Å². The fourth-order valence-electron chi connectivity index (χ4n) is 1.43. The van der Waals surface area contributed by atoms with E-state index in [1.54, 1.807) is 17.2 Å². The molecule has 1 aromatic heterocycles. The maximum atomic E-state index is 11.0. The monoisotopic (exact) mass is 255 g/mol. The van der Waals surface area contributed by atoms with Crippen LogP contribution in [0.4, 0.5) is 0 Å². The number of amidine groups is 1. The van der Waals surface area contributed by atoms with Crippen LogP contribution in [0, 0.1) is 0 Å². The highest BCUT2D eigenvalue weighted by Crippen LogP contribution is 2.08. The smallest absolute Gasteiger partial charge is 0.371 e. The van der Waals surface area contributed by atoms with Gasteiger partial charge in [0.05, 0.1) is 0 Å². The molecule has 0 aromatic carbocycles. The first kappa shape index (κ1) is 13.4. The van der Waals surface area contributed by atoms with E-state index in [1.807, 2.05) is 13.0 Å². The molecule has 0 saturated heterocycles. The van der Waals surface area contributed by atoms with Crippen molar-refractivity contribution in [2.24, 2.45) is 4.99 Å². The molecule has 1 heterocycles. The third kappa shape index (κ3) is 3.71. The van der Waals surface area contributed by atoms with E-state index in [1.165, 1.54) is 7.05 Å². The van der Waals surface area contributed by atoms with Crippen molar-refractivity contribution in [3.8, 4) is 0 Å². The molecular formula is C11H14ClN3O2. The first-order valence-corrected chi connectivity index (χ1v) is 5.51. The molecule has 1 rings (SSSR count). The van der Waals surface area contributed by atoms with Crippen LogP contribution >= 0.6 is 11.6 Å². The van der Waals surface area contributed by atoms with Crippen LogP contribution in [-0.2, 0) is 11.3 Å². The SMILES string of the molecule is CCN(Cc1ccc(Cl)nc1)C(=NC)C(=O)O. The van der Waals surface area contributed by atoms with Crippen LogP contribution in [0.2, 0.25) is 5.15 Å². The molecule has 0 aliphatic carbocycles. The van der Waals surface area contributed by atoms with Crippen LogP contribution in [0.25, 0.3) is 0 Å². The van der Waals surface area contributed by atoms with Gasteiger partial charge < -0.3 is 10.0 Å². The minimum Gasteiger partial charge on any atom is -0.475 e. The van der Waals surface area contributed by atoms with E-state index < -0.39 is 5.97 Å². The molecule has 0 fully saturated rings. The molecule has 0 amide bonds. The number of carboxylic acid groups (broad SMARTS) is 1. The van der Waals surface area contributed by atoms with E-state index in [0.29, 0.717) is 18.2 Å². The van der Waals surface area contributed by atoms with E-state index in [2.05, 4.69) is 9.98 Å². The Morgan fingerprint density at radius 3 is 2.71 bits per heavy atom. The summed E-state index contributed by atoms with van der Waals surface area (Å²) >= 11 is 5.68. The minimum atomic E-state index is -1.03. The summed E-state index contributed by atoms with van der Waals surface area (Å²) in [5, 5.41) is 9.40. The fourth-order valence-corrected chi connectivity index (χ4v) is 1.54. The number of likely N-dealkylation sites (N-methyl/N-ethyl adjacent to an activating group) is 1. The van der Waals surface area contributed by atoms with E-state index in [-0.39, 0.29) is 5.84 Å². The lowest BCUT2D eigenvalue weighted by atomic mass is 10.2. The van der Waals surface area contributed by atoms with Gasteiger partial charge in [-0.25, -0.2) is 9.78 Å². The molecule has 0 radical (unpaired) electrons. The van der Waals surface area contributed by atoms with Gasteiger partial charge in [0.25, 0.3) is 0 Å². The number of aliphatic imine (C=N–C) groups is 1. The normalized spacial score (nSPS) is 11.4. The van der Waals surface area contributed by atoms with Crippen molar-refractivity contribution < 1.29 is 9.90 Å². The van der Waals surface area contributed by atoms with Gasteiger partial charge >= 0.3 is 5.97 Å². The van der Waals surface area contributed by atoms with Crippen molar-refractivity contribution in [3.05, 3.63) is 29.0 Å². The molecule has 1 N–H and O–H groups in total. The van der Waals surface area contributed by atoms with Crippen molar-refractivity contribution in [1.82, 2.24) is 9.88 Å². The lowest BCUT2D eigenvalue weighted by Crippen LogP contribution is -2.36. The minimum absolute atomic E-state index is 0.0439. The van der Waals surface area contributed by atoms with E-state index in [9.17, 15) is 4.79 Å². The summed E-state index contributed by atoms with van der Waals surface area (Å²) in [6.07, 6.45) is 1.63. The van der Waals surface area contributed by atoms with Crippen molar-refractivity contribution in [2.75, 3.05) is 13.6 Å². The molecule has 0 spiro atoms. The Labute approximate surface area is 105 Å². The predicted molar refractivity (Wildman–Crippen MR) is 66.3 cm³/mol. The van der Waals surface area contributed by atoms with Crippen LogP contribution in [0.3, 0.4) is 0 Å². The number of carboxylic acids is 1. The summed E-state index contributed by atoms with van der Waals surface area (Å²) < 4.78 is 0. The van der Waals surface area contributed by atoms with Gasteiger partial charge in [-0.1, -0.05) is 17.7 Å². The average molecular weight is 256 g/mol. The summed E-state index contributed by atoms with van der Waals surface area (Å²) in [4.78, 5) is 20.3. The second kappa shape index (κ2) is 6.20. The maximum absolute atomic E-state index is 11.0. The highest BCUT2D eigenvalue weighted by Gasteiger charge is 2.16. The number of hydrogen-bond acceptors (Lipinski definition) is 3. The zero-order valence-electron chi connectivity index (χ0n) is 9.72. The van der Waals surface area contributed by atoms with Gasteiger partial charge in [-0.3, -0.25) is 4.99 Å². The number of aliphatic carboxylic acids is 1. The second-order valence-corrected chi connectivity index (χ2v) is 3.74. The van der Waals surface area contributed by atoms with Gasteiger partial charge in [-0.05, 0) is 18.6 Å². The third-order valence-corrected chi connectivity index (χ3v) is 2.47. The van der Waals surface area contributed by atoms with Crippen LogP contribution in [0.5, 0.6) is 0 Å². The number of aromatic nitrogens is 1. The third-order valence-electron chi connectivity index (χ3n) is 2.25. The summed E-state index contributed by atoms with van der Waals surface area (Å²) in [5.74, 6) is -0.987. The number of pyridine rings is 1. The van der Waals surface area contributed by atoms with Crippen molar-refractivity contribution in [3.63, 3.8) is 0 Å². The lowest BCUT2D eigenvalue weighted by molar-refractivity contribution is -0.130. The number of carbonyl (C=O) groups is 1. The summed E-state index contributed by atoms with van der Waals surface area (Å²) in [6, 6.07) is 3.49. The Balaban J connectivity index is 2.83. The Morgan fingerprint density at radius 1 is 1.59 bits per heavy atom. The molecule has 92 valence electrons. The van der Waals surface area contributed by atoms with Gasteiger partial charge in [0.1, 0.15) is 5.15 Å². The first-order chi connectivity index (χ1) is 8.08. The average Bonchev–Trinajstić information content (AvgIpc) is 2.31. The van der Waals surface area contributed by atoms with E-state index >= 15 is 0 Å².